The van der Waals surface area contributed by atoms with Crippen molar-refractivity contribution in [2.24, 2.45) is 5.92 Å². The minimum Gasteiger partial charge on any atom is -0.372 e. The van der Waals surface area contributed by atoms with E-state index in [0.717, 1.165) is 56.7 Å². The average Bonchev–Trinajstić information content (AvgIpc) is 2.80. The number of nitrogens with one attached hydrogen (secondary N) is 1. The fourth-order valence-corrected chi connectivity index (χ4v) is 4.57. The number of hydrogen-bond acceptors (Lipinski definition) is 3. The van der Waals surface area contributed by atoms with E-state index in [-0.39, 0.29) is 17.6 Å². The smallest absolute Gasteiger partial charge is 0.224 e. The maximum Gasteiger partial charge on any atom is 0.224 e. The van der Waals surface area contributed by atoms with Crippen LogP contribution >= 0.6 is 0 Å². The Hall–Kier alpha value is -2.40. The molecule has 30 heavy (non-hydrogen) atoms. The van der Waals surface area contributed by atoms with Crippen LogP contribution in [0.5, 0.6) is 0 Å². The van der Waals surface area contributed by atoms with E-state index < -0.39 is 0 Å². The number of anilines is 1. The van der Waals surface area contributed by atoms with Gasteiger partial charge in [-0.2, -0.15) is 0 Å². The normalized spacial score (nSPS) is 20.2. The molecule has 1 atom stereocenters. The molecular formula is C25H32FN3O. The van der Waals surface area contributed by atoms with Crippen molar-refractivity contribution < 1.29 is 9.18 Å². The number of piperidine rings is 2. The predicted molar refractivity (Wildman–Crippen MR) is 119 cm³/mol. The molecule has 2 fully saturated rings. The third-order valence-electron chi connectivity index (χ3n) is 6.32. The van der Waals surface area contributed by atoms with Gasteiger partial charge in [-0.3, -0.25) is 9.69 Å². The minimum absolute atomic E-state index is 0.0202. The first-order valence-electron chi connectivity index (χ1n) is 11.3. The summed E-state index contributed by atoms with van der Waals surface area (Å²) in [7, 11) is 0. The molecular weight excluding hydrogens is 377 g/mol. The lowest BCUT2D eigenvalue weighted by molar-refractivity contribution is -0.126. The molecule has 0 aromatic heterocycles. The van der Waals surface area contributed by atoms with Gasteiger partial charge in [-0.15, -0.1) is 0 Å². The number of amides is 1. The van der Waals surface area contributed by atoms with Crippen molar-refractivity contribution in [1.82, 2.24) is 10.2 Å². The third kappa shape index (κ3) is 5.60. The predicted octanol–water partition coefficient (Wildman–Crippen LogP) is 4.34. The minimum atomic E-state index is -0.210. The van der Waals surface area contributed by atoms with Crippen molar-refractivity contribution in [2.75, 3.05) is 31.1 Å². The van der Waals surface area contributed by atoms with Gasteiger partial charge in [0.1, 0.15) is 5.82 Å². The van der Waals surface area contributed by atoms with Gasteiger partial charge in [0, 0.05) is 38.4 Å². The van der Waals surface area contributed by atoms with Gasteiger partial charge in [0.25, 0.3) is 0 Å². The van der Waals surface area contributed by atoms with Crippen molar-refractivity contribution in [2.45, 2.75) is 45.2 Å². The number of hydrogen-bond donors (Lipinski definition) is 1. The van der Waals surface area contributed by atoms with E-state index in [1.165, 1.54) is 37.1 Å². The molecule has 2 aliphatic heterocycles. The number of benzene rings is 2. The Morgan fingerprint density at radius 1 is 0.900 bits per heavy atom. The van der Waals surface area contributed by atoms with E-state index in [0.29, 0.717) is 6.54 Å². The number of carbonyl (C=O) groups excluding carboxylic acids is 1. The Balaban J connectivity index is 1.25. The van der Waals surface area contributed by atoms with Gasteiger partial charge in [-0.25, -0.2) is 4.39 Å². The molecule has 0 radical (unpaired) electrons. The van der Waals surface area contributed by atoms with Crippen LogP contribution in [0.1, 0.15) is 43.2 Å². The fourth-order valence-electron chi connectivity index (χ4n) is 4.57. The lowest BCUT2D eigenvalue weighted by Crippen LogP contribution is -2.42. The van der Waals surface area contributed by atoms with Gasteiger partial charge < -0.3 is 10.2 Å². The zero-order chi connectivity index (χ0) is 20.8. The summed E-state index contributed by atoms with van der Waals surface area (Å²) in [6, 6.07) is 15.3. The second-order valence-electron chi connectivity index (χ2n) is 8.63. The van der Waals surface area contributed by atoms with Crippen molar-refractivity contribution in [3.05, 3.63) is 65.5 Å². The molecule has 1 amide bonds. The lowest BCUT2D eigenvalue weighted by Gasteiger charge is -2.32. The van der Waals surface area contributed by atoms with Crippen molar-refractivity contribution in [3.63, 3.8) is 0 Å². The van der Waals surface area contributed by atoms with E-state index in [1.54, 1.807) is 0 Å². The monoisotopic (exact) mass is 409 g/mol. The second kappa shape index (κ2) is 10.1. The second-order valence-corrected chi connectivity index (χ2v) is 8.63. The zero-order valence-electron chi connectivity index (χ0n) is 17.7. The first-order chi connectivity index (χ1) is 14.7. The largest absolute Gasteiger partial charge is 0.372 e. The number of likely N-dealkylation sites (tertiary alicyclic amines) is 1. The highest BCUT2D eigenvalue weighted by molar-refractivity contribution is 5.79. The molecule has 2 saturated heterocycles. The Morgan fingerprint density at radius 3 is 2.33 bits per heavy atom. The Kier molecular flexibility index (Phi) is 7.00. The molecule has 4 nitrogen and oxygen atoms in total. The fraction of sp³-hybridized carbons (Fsp3) is 0.480. The molecule has 160 valence electrons. The molecule has 0 aliphatic carbocycles. The van der Waals surface area contributed by atoms with Crippen LogP contribution in [0.25, 0.3) is 0 Å². The molecule has 0 spiro atoms. The van der Waals surface area contributed by atoms with Crippen LogP contribution in [0.3, 0.4) is 0 Å². The molecule has 0 unspecified atom stereocenters. The lowest BCUT2D eigenvalue weighted by atomic mass is 9.96. The van der Waals surface area contributed by atoms with Crippen LogP contribution < -0.4 is 10.2 Å². The Bertz CT molecular complexity index is 815. The number of nitrogens with zero attached hydrogens (tertiary/aromatic N) is 2. The van der Waals surface area contributed by atoms with Crippen molar-refractivity contribution in [3.8, 4) is 0 Å². The van der Waals surface area contributed by atoms with Gasteiger partial charge >= 0.3 is 0 Å². The Morgan fingerprint density at radius 2 is 1.60 bits per heavy atom. The highest BCUT2D eigenvalue weighted by Crippen LogP contribution is 2.21. The molecule has 4 rings (SSSR count). The van der Waals surface area contributed by atoms with E-state index in [2.05, 4.69) is 39.4 Å². The van der Waals surface area contributed by atoms with Gasteiger partial charge in [0.15, 0.2) is 0 Å². The summed E-state index contributed by atoms with van der Waals surface area (Å²) in [4.78, 5) is 17.5. The highest BCUT2D eigenvalue weighted by Gasteiger charge is 2.25. The summed E-state index contributed by atoms with van der Waals surface area (Å²) < 4.78 is 13.1. The molecule has 2 aliphatic rings. The van der Waals surface area contributed by atoms with Crippen LogP contribution in [0, 0.1) is 11.7 Å². The van der Waals surface area contributed by atoms with E-state index in [4.69, 9.17) is 0 Å². The van der Waals surface area contributed by atoms with Crippen molar-refractivity contribution >= 4 is 11.6 Å². The van der Waals surface area contributed by atoms with Gasteiger partial charge in [-0.1, -0.05) is 24.3 Å². The first kappa shape index (κ1) is 20.9. The summed E-state index contributed by atoms with van der Waals surface area (Å²) in [5.41, 5.74) is 3.52. The topological polar surface area (TPSA) is 35.6 Å². The first-order valence-corrected chi connectivity index (χ1v) is 11.3. The Labute approximate surface area is 179 Å². The standard InChI is InChI=1S/C25H32FN3O/c26-23-10-6-21(7-11-23)18-28-14-4-5-22(19-28)25(30)27-17-20-8-12-24(13-9-20)29-15-2-1-3-16-29/h6-13,22H,1-5,14-19H2,(H,27,30)/t22-/m1/s1. The van der Waals surface area contributed by atoms with Gasteiger partial charge in [0.2, 0.25) is 5.91 Å². The molecule has 0 bridgehead atoms. The number of carbonyl (C=O) groups is 1. The molecule has 2 heterocycles. The summed E-state index contributed by atoms with van der Waals surface area (Å²) in [5.74, 6) is -0.0515. The maximum absolute atomic E-state index is 13.1. The molecule has 5 heteroatoms. The molecule has 2 aromatic rings. The van der Waals surface area contributed by atoms with Crippen LogP contribution in [-0.4, -0.2) is 37.0 Å². The quantitative estimate of drug-likeness (QED) is 0.771. The van der Waals surface area contributed by atoms with Crippen LogP contribution in [0.2, 0.25) is 0 Å². The van der Waals surface area contributed by atoms with E-state index >= 15 is 0 Å². The molecule has 0 saturated carbocycles. The SMILES string of the molecule is O=C(NCc1ccc(N2CCCCC2)cc1)[C@@H]1CCCN(Cc2ccc(F)cc2)C1. The van der Waals surface area contributed by atoms with Crippen LogP contribution in [0.15, 0.2) is 48.5 Å². The summed E-state index contributed by atoms with van der Waals surface area (Å²) in [5, 5.41) is 3.13. The summed E-state index contributed by atoms with van der Waals surface area (Å²) in [6.07, 6.45) is 5.83. The zero-order valence-corrected chi connectivity index (χ0v) is 17.7. The van der Waals surface area contributed by atoms with Crippen LogP contribution in [0.4, 0.5) is 10.1 Å². The van der Waals surface area contributed by atoms with Gasteiger partial charge in [-0.05, 0) is 74.0 Å². The van der Waals surface area contributed by atoms with Crippen LogP contribution in [-0.2, 0) is 17.9 Å². The summed E-state index contributed by atoms with van der Waals surface area (Å²) in [6.45, 7) is 5.38. The van der Waals surface area contributed by atoms with E-state index in [1.807, 2.05) is 12.1 Å². The molecule has 1 N–H and O–H groups in total. The van der Waals surface area contributed by atoms with Gasteiger partial charge in [0.05, 0.1) is 5.92 Å². The number of rotatable bonds is 6. The van der Waals surface area contributed by atoms with E-state index in [9.17, 15) is 9.18 Å². The summed E-state index contributed by atoms with van der Waals surface area (Å²) >= 11 is 0. The molecule has 2 aromatic carbocycles. The maximum atomic E-state index is 13.1. The highest BCUT2D eigenvalue weighted by atomic mass is 19.1. The number of halogens is 1. The third-order valence-corrected chi connectivity index (χ3v) is 6.32. The average molecular weight is 410 g/mol. The van der Waals surface area contributed by atoms with Crippen molar-refractivity contribution in [1.29, 1.82) is 0 Å².